The third kappa shape index (κ3) is 2.89. The second-order valence-corrected chi connectivity index (χ2v) is 5.01. The molecule has 5 unspecified atom stereocenters. The number of hydrogen-bond acceptors (Lipinski definition) is 5. The summed E-state index contributed by atoms with van der Waals surface area (Å²) in [6, 6.07) is 0. The van der Waals surface area contributed by atoms with Gasteiger partial charge >= 0.3 is 11.9 Å². The van der Waals surface area contributed by atoms with E-state index in [9.17, 15) is 9.59 Å². The van der Waals surface area contributed by atoms with Crippen LogP contribution in [0.2, 0.25) is 0 Å². The van der Waals surface area contributed by atoms with E-state index in [1.807, 2.05) is 13.7 Å². The van der Waals surface area contributed by atoms with Crippen molar-refractivity contribution >= 4 is 18.7 Å². The van der Waals surface area contributed by atoms with Crippen molar-refractivity contribution in [3.8, 4) is 0 Å². The van der Waals surface area contributed by atoms with E-state index in [1.165, 1.54) is 6.92 Å². The maximum atomic E-state index is 11.6. The van der Waals surface area contributed by atoms with Crippen LogP contribution in [0.1, 0.15) is 33.6 Å². The highest BCUT2D eigenvalue weighted by Gasteiger charge is 2.48. The van der Waals surface area contributed by atoms with Gasteiger partial charge in [0.2, 0.25) is 0 Å². The van der Waals surface area contributed by atoms with Gasteiger partial charge in [0.15, 0.2) is 0 Å². The zero-order valence-electron chi connectivity index (χ0n) is 11.0. The van der Waals surface area contributed by atoms with Crippen LogP contribution in [-0.4, -0.2) is 30.9 Å². The van der Waals surface area contributed by atoms with Gasteiger partial charge in [-0.25, -0.2) is 0 Å². The normalized spacial score (nSPS) is 37.9. The summed E-state index contributed by atoms with van der Waals surface area (Å²) in [5, 5.41) is 0. The van der Waals surface area contributed by atoms with Gasteiger partial charge in [0.25, 0.3) is 0 Å². The highest BCUT2D eigenvalue weighted by Crippen LogP contribution is 2.42. The van der Waals surface area contributed by atoms with Crippen LogP contribution in [0.3, 0.4) is 0 Å². The minimum Gasteiger partial charge on any atom is -0.462 e. The van der Waals surface area contributed by atoms with E-state index in [0.717, 1.165) is 6.42 Å². The molecule has 1 heterocycles. The Kier molecular flexibility index (Phi) is 4.87. The van der Waals surface area contributed by atoms with Gasteiger partial charge in [-0.05, 0) is 25.7 Å². The molecule has 2 rings (SSSR count). The van der Waals surface area contributed by atoms with Crippen molar-refractivity contribution in [1.82, 2.24) is 0 Å². The van der Waals surface area contributed by atoms with Crippen LogP contribution in [0.25, 0.3) is 0 Å². The van der Waals surface area contributed by atoms with Gasteiger partial charge in [0, 0.05) is 12.8 Å². The highest BCUT2D eigenvalue weighted by molar-refractivity contribution is 5.75. The van der Waals surface area contributed by atoms with Crippen molar-refractivity contribution in [2.45, 2.75) is 45.8 Å². The van der Waals surface area contributed by atoms with Crippen molar-refractivity contribution < 1.29 is 23.9 Å². The molecule has 1 saturated heterocycles. The summed E-state index contributed by atoms with van der Waals surface area (Å²) in [5.41, 5.74) is 0. The molecule has 2 fully saturated rings. The lowest BCUT2D eigenvalue weighted by Crippen LogP contribution is -2.38. The number of carbonyl (C=O) groups is 3. The molecule has 0 amide bonds. The first-order valence-corrected chi connectivity index (χ1v) is 6.15. The molecule has 5 heteroatoms. The SMILES string of the molecule is C=O.CC(=O)OC1CC2C(=O)OC(C)C2CC1C. The van der Waals surface area contributed by atoms with Gasteiger partial charge < -0.3 is 14.3 Å². The lowest BCUT2D eigenvalue weighted by Gasteiger charge is -2.34. The van der Waals surface area contributed by atoms with Crippen molar-refractivity contribution in [1.29, 1.82) is 0 Å². The van der Waals surface area contributed by atoms with Crippen molar-refractivity contribution in [2.75, 3.05) is 0 Å². The smallest absolute Gasteiger partial charge is 0.309 e. The van der Waals surface area contributed by atoms with Crippen LogP contribution in [0.5, 0.6) is 0 Å². The predicted octanol–water partition coefficient (Wildman–Crippen LogP) is 1.34. The minimum atomic E-state index is -0.269. The maximum absolute atomic E-state index is 11.6. The fourth-order valence-corrected chi connectivity index (χ4v) is 2.93. The van der Waals surface area contributed by atoms with Crippen LogP contribution in [0.15, 0.2) is 0 Å². The van der Waals surface area contributed by atoms with Crippen molar-refractivity contribution in [2.24, 2.45) is 17.8 Å². The molecule has 1 aliphatic carbocycles. The van der Waals surface area contributed by atoms with Crippen LogP contribution < -0.4 is 0 Å². The first kappa shape index (κ1) is 14.7. The van der Waals surface area contributed by atoms with E-state index in [2.05, 4.69) is 6.92 Å². The minimum absolute atomic E-state index is 0.0122. The first-order valence-electron chi connectivity index (χ1n) is 6.15. The third-order valence-electron chi connectivity index (χ3n) is 3.81. The van der Waals surface area contributed by atoms with E-state index >= 15 is 0 Å². The fraction of sp³-hybridized carbons (Fsp3) is 0.769. The predicted molar refractivity (Wildman–Crippen MR) is 63.6 cm³/mol. The Balaban J connectivity index is 0.000000771. The summed E-state index contributed by atoms with van der Waals surface area (Å²) in [6.07, 6.45) is 1.40. The standard InChI is InChI=1S/C12H18O4.CH2O/c1-6-4-9-7(2)15-12(14)10(9)5-11(6)16-8(3)13;1-2/h6-7,9-11H,4-5H2,1-3H3;1H2. The van der Waals surface area contributed by atoms with Crippen molar-refractivity contribution in [3.63, 3.8) is 0 Å². The monoisotopic (exact) mass is 256 g/mol. The van der Waals surface area contributed by atoms with Crippen molar-refractivity contribution in [3.05, 3.63) is 0 Å². The Morgan fingerprint density at radius 1 is 1.33 bits per heavy atom. The molecule has 0 N–H and O–H groups in total. The quantitative estimate of drug-likeness (QED) is 0.662. The second kappa shape index (κ2) is 5.98. The molecular formula is C13H20O5. The molecule has 0 radical (unpaired) electrons. The van der Waals surface area contributed by atoms with E-state index < -0.39 is 0 Å². The van der Waals surface area contributed by atoms with Gasteiger partial charge in [0.05, 0.1) is 5.92 Å². The molecule has 2 aliphatic rings. The summed E-state index contributed by atoms with van der Waals surface area (Å²) < 4.78 is 10.5. The number of cyclic esters (lactones) is 1. The maximum Gasteiger partial charge on any atom is 0.309 e. The van der Waals surface area contributed by atoms with Crippen LogP contribution >= 0.6 is 0 Å². The molecule has 0 bridgehead atoms. The third-order valence-corrected chi connectivity index (χ3v) is 3.81. The topological polar surface area (TPSA) is 69.7 Å². The Hall–Kier alpha value is -1.39. The molecule has 1 saturated carbocycles. The second-order valence-electron chi connectivity index (χ2n) is 5.01. The first-order chi connectivity index (χ1) is 8.49. The molecule has 0 spiro atoms. The lowest BCUT2D eigenvalue weighted by atomic mass is 9.72. The summed E-state index contributed by atoms with van der Waals surface area (Å²) >= 11 is 0. The van der Waals surface area contributed by atoms with E-state index in [0.29, 0.717) is 18.3 Å². The average molecular weight is 256 g/mol. The van der Waals surface area contributed by atoms with Gasteiger partial charge in [-0.1, -0.05) is 6.92 Å². The zero-order valence-corrected chi connectivity index (χ0v) is 11.0. The number of carbonyl (C=O) groups excluding carboxylic acids is 3. The van der Waals surface area contributed by atoms with Crippen LogP contribution in [-0.2, 0) is 23.9 Å². The Morgan fingerprint density at radius 3 is 2.50 bits per heavy atom. The number of ether oxygens (including phenoxy) is 2. The molecule has 5 atom stereocenters. The molecule has 0 aromatic carbocycles. The molecule has 1 aliphatic heterocycles. The van der Waals surface area contributed by atoms with Gasteiger partial charge in [-0.2, -0.15) is 0 Å². The summed E-state index contributed by atoms with van der Waals surface area (Å²) in [4.78, 5) is 30.6. The highest BCUT2D eigenvalue weighted by atomic mass is 16.6. The van der Waals surface area contributed by atoms with Gasteiger partial charge in [-0.15, -0.1) is 0 Å². The largest absolute Gasteiger partial charge is 0.462 e. The van der Waals surface area contributed by atoms with Crippen LogP contribution in [0.4, 0.5) is 0 Å². The number of esters is 2. The van der Waals surface area contributed by atoms with Gasteiger partial charge in [0.1, 0.15) is 19.0 Å². The lowest BCUT2D eigenvalue weighted by molar-refractivity contribution is -0.155. The van der Waals surface area contributed by atoms with Crippen LogP contribution in [0, 0.1) is 17.8 Å². The number of rotatable bonds is 1. The molecular weight excluding hydrogens is 236 g/mol. The number of fused-ring (bicyclic) bond motifs is 1. The zero-order chi connectivity index (χ0) is 13.9. The van der Waals surface area contributed by atoms with E-state index in [-0.39, 0.29) is 30.1 Å². The number of hydrogen-bond donors (Lipinski definition) is 0. The molecule has 0 aromatic rings. The Bertz CT molecular complexity index is 327. The molecule has 5 nitrogen and oxygen atoms in total. The average Bonchev–Trinajstić information content (AvgIpc) is 2.58. The summed E-state index contributed by atoms with van der Waals surface area (Å²) in [7, 11) is 0. The van der Waals surface area contributed by atoms with E-state index in [4.69, 9.17) is 14.3 Å². The Labute approximate surface area is 107 Å². The Morgan fingerprint density at radius 2 is 1.94 bits per heavy atom. The van der Waals surface area contributed by atoms with Gasteiger partial charge in [-0.3, -0.25) is 9.59 Å². The fourth-order valence-electron chi connectivity index (χ4n) is 2.93. The molecule has 0 aromatic heterocycles. The molecule has 18 heavy (non-hydrogen) atoms. The van der Waals surface area contributed by atoms with E-state index in [1.54, 1.807) is 0 Å². The summed E-state index contributed by atoms with van der Waals surface area (Å²) in [5.74, 6) is 0.142. The summed E-state index contributed by atoms with van der Waals surface area (Å²) in [6.45, 7) is 7.43. The molecule has 102 valence electrons.